The number of piperidine rings is 1. The van der Waals surface area contributed by atoms with Crippen molar-refractivity contribution in [1.29, 1.82) is 0 Å². The first-order valence-corrected chi connectivity index (χ1v) is 11.0. The van der Waals surface area contributed by atoms with Crippen molar-refractivity contribution in [2.45, 2.75) is 71.0 Å². The van der Waals surface area contributed by atoms with Crippen LogP contribution in [-0.4, -0.2) is 52.7 Å². The van der Waals surface area contributed by atoms with Crippen molar-refractivity contribution in [2.75, 3.05) is 13.1 Å². The van der Waals surface area contributed by atoms with E-state index in [4.69, 9.17) is 0 Å². The van der Waals surface area contributed by atoms with E-state index >= 15 is 0 Å². The molecule has 2 aliphatic heterocycles. The molecule has 6 nitrogen and oxygen atoms in total. The van der Waals surface area contributed by atoms with E-state index in [1.54, 1.807) is 4.90 Å². The van der Waals surface area contributed by atoms with Crippen molar-refractivity contribution in [3.05, 3.63) is 35.9 Å². The average molecular weight is 400 g/mol. The van der Waals surface area contributed by atoms with Crippen LogP contribution in [0.25, 0.3) is 0 Å². The Hall–Kier alpha value is -2.37. The number of amides is 3. The minimum Gasteiger partial charge on any atom is -0.350 e. The van der Waals surface area contributed by atoms with Gasteiger partial charge in [-0.15, -0.1) is 0 Å². The fourth-order valence-electron chi connectivity index (χ4n) is 4.58. The Labute approximate surface area is 173 Å². The van der Waals surface area contributed by atoms with Crippen molar-refractivity contribution in [3.63, 3.8) is 0 Å². The van der Waals surface area contributed by atoms with E-state index in [2.05, 4.69) is 19.2 Å². The molecule has 1 N–H and O–H groups in total. The highest BCUT2D eigenvalue weighted by molar-refractivity contribution is 5.91. The van der Waals surface area contributed by atoms with Crippen LogP contribution in [0, 0.1) is 5.92 Å². The summed E-state index contributed by atoms with van der Waals surface area (Å²) in [4.78, 5) is 41.7. The van der Waals surface area contributed by atoms with Gasteiger partial charge in [0, 0.05) is 38.0 Å². The van der Waals surface area contributed by atoms with Crippen LogP contribution in [0.3, 0.4) is 0 Å². The Morgan fingerprint density at radius 3 is 2.34 bits per heavy atom. The van der Waals surface area contributed by atoms with Crippen LogP contribution in [-0.2, 0) is 20.9 Å². The smallest absolute Gasteiger partial charge is 0.243 e. The van der Waals surface area contributed by atoms with Crippen molar-refractivity contribution in [2.24, 2.45) is 5.92 Å². The number of carbonyl (C=O) groups excluding carboxylic acids is 3. The predicted octanol–water partition coefficient (Wildman–Crippen LogP) is 2.72. The maximum absolute atomic E-state index is 12.8. The lowest BCUT2D eigenvalue weighted by Crippen LogP contribution is -2.53. The first-order chi connectivity index (χ1) is 14.0. The van der Waals surface area contributed by atoms with E-state index in [1.807, 2.05) is 35.2 Å². The van der Waals surface area contributed by atoms with E-state index in [0.717, 1.165) is 31.2 Å². The standard InChI is InChI=1S/C23H33N3O3/c1-3-18(4-2)23(29)25-14-12-19(13-15-25)26-20(10-11-21(26)27)22(28)24-16-17-8-6-5-7-9-17/h5-9,18-20H,3-4,10-16H2,1-2H3,(H,24,28). The van der Waals surface area contributed by atoms with Crippen LogP contribution in [0.1, 0.15) is 57.9 Å². The van der Waals surface area contributed by atoms with Crippen molar-refractivity contribution in [3.8, 4) is 0 Å². The molecule has 0 radical (unpaired) electrons. The van der Waals surface area contributed by atoms with Crippen LogP contribution >= 0.6 is 0 Å². The van der Waals surface area contributed by atoms with Gasteiger partial charge in [0.1, 0.15) is 6.04 Å². The van der Waals surface area contributed by atoms with Gasteiger partial charge in [-0.05, 0) is 37.7 Å². The minimum atomic E-state index is -0.391. The number of rotatable bonds is 7. The molecule has 0 aliphatic carbocycles. The molecule has 1 unspecified atom stereocenters. The highest BCUT2D eigenvalue weighted by Gasteiger charge is 2.41. The Kier molecular flexibility index (Phi) is 7.29. The molecule has 0 aromatic heterocycles. The molecule has 6 heteroatoms. The second-order valence-corrected chi connectivity index (χ2v) is 8.13. The van der Waals surface area contributed by atoms with Crippen molar-refractivity contribution < 1.29 is 14.4 Å². The number of hydrogen-bond donors (Lipinski definition) is 1. The molecule has 2 aliphatic rings. The molecule has 158 valence electrons. The lowest BCUT2D eigenvalue weighted by atomic mass is 9.97. The molecule has 0 bridgehead atoms. The van der Waals surface area contributed by atoms with Crippen molar-refractivity contribution in [1.82, 2.24) is 15.1 Å². The monoisotopic (exact) mass is 399 g/mol. The maximum atomic E-state index is 12.8. The van der Waals surface area contributed by atoms with Crippen molar-refractivity contribution >= 4 is 17.7 Å². The third kappa shape index (κ3) is 4.98. The molecule has 3 amide bonds. The SMILES string of the molecule is CCC(CC)C(=O)N1CCC(N2C(=O)CCC2C(=O)NCc2ccccc2)CC1. The van der Waals surface area contributed by atoms with Gasteiger partial charge in [-0.1, -0.05) is 44.2 Å². The van der Waals surface area contributed by atoms with E-state index in [0.29, 0.717) is 32.5 Å². The highest BCUT2D eigenvalue weighted by Crippen LogP contribution is 2.28. The van der Waals surface area contributed by atoms with Gasteiger partial charge in [0.05, 0.1) is 0 Å². The van der Waals surface area contributed by atoms with Gasteiger partial charge in [-0.3, -0.25) is 14.4 Å². The van der Waals surface area contributed by atoms with E-state index in [-0.39, 0.29) is 29.7 Å². The molecule has 2 fully saturated rings. The molecule has 0 spiro atoms. The number of carbonyl (C=O) groups is 3. The molecule has 29 heavy (non-hydrogen) atoms. The van der Waals surface area contributed by atoms with Gasteiger partial charge < -0.3 is 15.1 Å². The molecule has 0 saturated carbocycles. The lowest BCUT2D eigenvalue weighted by Gasteiger charge is -2.39. The predicted molar refractivity (Wildman–Crippen MR) is 112 cm³/mol. The van der Waals surface area contributed by atoms with E-state index in [9.17, 15) is 14.4 Å². The summed E-state index contributed by atoms with van der Waals surface area (Å²) < 4.78 is 0. The van der Waals surface area contributed by atoms with Crippen LogP contribution in [0.15, 0.2) is 30.3 Å². The molecule has 3 rings (SSSR count). The van der Waals surface area contributed by atoms with Crippen LogP contribution in [0.5, 0.6) is 0 Å². The zero-order valence-corrected chi connectivity index (χ0v) is 17.6. The summed E-state index contributed by atoms with van der Waals surface area (Å²) in [6.45, 7) is 5.92. The molecular weight excluding hydrogens is 366 g/mol. The number of nitrogens with one attached hydrogen (secondary N) is 1. The van der Waals surface area contributed by atoms with Gasteiger partial charge >= 0.3 is 0 Å². The molecule has 1 aromatic carbocycles. The van der Waals surface area contributed by atoms with E-state index in [1.165, 1.54) is 0 Å². The molecular formula is C23H33N3O3. The summed E-state index contributed by atoms with van der Waals surface area (Å²) >= 11 is 0. The van der Waals surface area contributed by atoms with Gasteiger partial charge in [0.25, 0.3) is 0 Å². The number of hydrogen-bond acceptors (Lipinski definition) is 3. The Balaban J connectivity index is 1.57. The first kappa shape index (κ1) is 21.3. The van der Waals surface area contributed by atoms with Gasteiger partial charge in [0.2, 0.25) is 17.7 Å². The molecule has 2 heterocycles. The summed E-state index contributed by atoms with van der Waals surface area (Å²) in [6.07, 6.45) is 4.23. The van der Waals surface area contributed by atoms with Crippen LogP contribution < -0.4 is 5.32 Å². The third-order valence-electron chi connectivity index (χ3n) is 6.37. The molecule has 1 aromatic rings. The number of likely N-dealkylation sites (tertiary alicyclic amines) is 2. The Bertz CT molecular complexity index is 709. The Morgan fingerprint density at radius 2 is 1.72 bits per heavy atom. The zero-order valence-electron chi connectivity index (χ0n) is 17.6. The summed E-state index contributed by atoms with van der Waals surface area (Å²) in [5.41, 5.74) is 1.05. The minimum absolute atomic E-state index is 0.0447. The van der Waals surface area contributed by atoms with Crippen LogP contribution in [0.4, 0.5) is 0 Å². The fourth-order valence-corrected chi connectivity index (χ4v) is 4.58. The van der Waals surface area contributed by atoms with Gasteiger partial charge in [0.15, 0.2) is 0 Å². The first-order valence-electron chi connectivity index (χ1n) is 11.0. The zero-order chi connectivity index (χ0) is 20.8. The third-order valence-corrected chi connectivity index (χ3v) is 6.37. The second-order valence-electron chi connectivity index (χ2n) is 8.13. The molecule has 2 saturated heterocycles. The summed E-state index contributed by atoms with van der Waals surface area (Å²) in [5.74, 6) is 0.319. The normalized spacial score (nSPS) is 20.4. The summed E-state index contributed by atoms with van der Waals surface area (Å²) in [6, 6.07) is 9.45. The highest BCUT2D eigenvalue weighted by atomic mass is 16.2. The summed E-state index contributed by atoms with van der Waals surface area (Å²) in [7, 11) is 0. The maximum Gasteiger partial charge on any atom is 0.243 e. The fraction of sp³-hybridized carbons (Fsp3) is 0.609. The van der Waals surface area contributed by atoms with Crippen LogP contribution in [0.2, 0.25) is 0 Å². The topological polar surface area (TPSA) is 69.7 Å². The number of nitrogens with zero attached hydrogens (tertiary/aromatic N) is 2. The lowest BCUT2D eigenvalue weighted by molar-refractivity contribution is -0.141. The van der Waals surface area contributed by atoms with Gasteiger partial charge in [-0.25, -0.2) is 0 Å². The Morgan fingerprint density at radius 1 is 1.07 bits per heavy atom. The quantitative estimate of drug-likeness (QED) is 0.766. The van der Waals surface area contributed by atoms with Gasteiger partial charge in [-0.2, -0.15) is 0 Å². The van der Waals surface area contributed by atoms with E-state index < -0.39 is 6.04 Å². The summed E-state index contributed by atoms with van der Waals surface area (Å²) in [5, 5.41) is 2.99. The largest absolute Gasteiger partial charge is 0.350 e. The second kappa shape index (κ2) is 9.90. The average Bonchev–Trinajstić information content (AvgIpc) is 3.15. The molecule has 1 atom stereocenters. The number of benzene rings is 1.